The summed E-state index contributed by atoms with van der Waals surface area (Å²) in [6.07, 6.45) is 2.19. The van der Waals surface area contributed by atoms with E-state index in [-0.39, 0.29) is 18.9 Å². The van der Waals surface area contributed by atoms with Crippen LogP contribution >= 0.6 is 0 Å². The van der Waals surface area contributed by atoms with Gasteiger partial charge in [-0.3, -0.25) is 14.3 Å². The van der Waals surface area contributed by atoms with Gasteiger partial charge in [0, 0.05) is 19.4 Å². The van der Waals surface area contributed by atoms with E-state index < -0.39 is 11.2 Å². The van der Waals surface area contributed by atoms with Crippen LogP contribution in [0.5, 0.6) is 0 Å². The first-order valence-corrected chi connectivity index (χ1v) is 5.23. The van der Waals surface area contributed by atoms with Crippen LogP contribution in [0.4, 0.5) is 0 Å². The van der Waals surface area contributed by atoms with Crippen LogP contribution < -0.4 is 11.2 Å². The molecule has 1 saturated heterocycles. The van der Waals surface area contributed by atoms with E-state index in [9.17, 15) is 9.59 Å². The Morgan fingerprint density at radius 1 is 1.47 bits per heavy atom. The van der Waals surface area contributed by atoms with Crippen molar-refractivity contribution in [3.63, 3.8) is 0 Å². The zero-order valence-corrected chi connectivity index (χ0v) is 9.50. The Morgan fingerprint density at radius 3 is 2.71 bits per heavy atom. The quantitative estimate of drug-likeness (QED) is 0.607. The normalized spacial score (nSPS) is 23.0. The first-order valence-electron chi connectivity index (χ1n) is 5.23. The molecule has 7 heteroatoms. The lowest BCUT2D eigenvalue weighted by atomic mass is 10.2. The highest BCUT2D eigenvalue weighted by atomic mass is 16.5. The molecular formula is C10H16N2O5. The molecule has 1 aromatic heterocycles. The highest BCUT2D eigenvalue weighted by Gasteiger charge is 2.26. The van der Waals surface area contributed by atoms with Crippen molar-refractivity contribution in [2.75, 3.05) is 13.7 Å². The summed E-state index contributed by atoms with van der Waals surface area (Å²) in [4.78, 5) is 24.4. The Kier molecular flexibility index (Phi) is 5.08. The number of hydrogen-bond donors (Lipinski definition) is 3. The molecule has 2 atom stereocenters. The molecule has 3 N–H and O–H groups in total. The number of aromatic amines is 1. The first-order chi connectivity index (χ1) is 8.20. The summed E-state index contributed by atoms with van der Waals surface area (Å²) in [6.45, 7) is -0.0470. The molecule has 0 radical (unpaired) electrons. The van der Waals surface area contributed by atoms with Crippen LogP contribution in [-0.4, -0.2) is 39.6 Å². The van der Waals surface area contributed by atoms with Gasteiger partial charge in [0.2, 0.25) is 0 Å². The van der Waals surface area contributed by atoms with Crippen LogP contribution in [0.15, 0.2) is 21.9 Å². The number of nitrogens with zero attached hydrogens (tertiary/aromatic N) is 1. The van der Waals surface area contributed by atoms with Crippen molar-refractivity contribution < 1.29 is 14.9 Å². The monoisotopic (exact) mass is 244 g/mol. The van der Waals surface area contributed by atoms with Crippen LogP contribution in [-0.2, 0) is 4.74 Å². The molecule has 0 aromatic carbocycles. The summed E-state index contributed by atoms with van der Waals surface area (Å²) < 4.78 is 6.74. The molecule has 96 valence electrons. The molecule has 7 nitrogen and oxygen atoms in total. The smallest absolute Gasteiger partial charge is 0.330 e. The van der Waals surface area contributed by atoms with E-state index in [1.54, 1.807) is 0 Å². The van der Waals surface area contributed by atoms with E-state index in [2.05, 4.69) is 4.98 Å². The molecule has 2 heterocycles. The summed E-state index contributed by atoms with van der Waals surface area (Å²) in [5, 5.41) is 15.9. The molecule has 0 saturated carbocycles. The fourth-order valence-electron chi connectivity index (χ4n) is 1.68. The number of rotatable bonds is 2. The van der Waals surface area contributed by atoms with Crippen LogP contribution in [0.3, 0.4) is 0 Å². The van der Waals surface area contributed by atoms with Crippen LogP contribution in [0.25, 0.3) is 0 Å². The Bertz CT molecular complexity index is 452. The number of ether oxygens (including phenoxy) is 1. The van der Waals surface area contributed by atoms with Gasteiger partial charge in [-0.05, 0) is 12.8 Å². The largest absolute Gasteiger partial charge is 0.400 e. The predicted octanol–water partition coefficient (Wildman–Crippen LogP) is -1.19. The zero-order valence-electron chi connectivity index (χ0n) is 9.50. The van der Waals surface area contributed by atoms with Gasteiger partial charge in [-0.25, -0.2) is 4.79 Å². The second-order valence-electron chi connectivity index (χ2n) is 3.49. The first kappa shape index (κ1) is 13.6. The molecule has 1 aliphatic rings. The van der Waals surface area contributed by atoms with Crippen molar-refractivity contribution in [3.05, 3.63) is 33.1 Å². The third-order valence-electron chi connectivity index (χ3n) is 2.45. The van der Waals surface area contributed by atoms with Gasteiger partial charge in [0.15, 0.2) is 0 Å². The van der Waals surface area contributed by atoms with Crippen molar-refractivity contribution in [2.45, 2.75) is 25.2 Å². The lowest BCUT2D eigenvalue weighted by Crippen LogP contribution is -2.31. The highest BCUT2D eigenvalue weighted by molar-refractivity contribution is 4.85. The topological polar surface area (TPSA) is 105 Å². The molecule has 2 rings (SSSR count). The number of nitrogens with one attached hydrogen (secondary N) is 1. The lowest BCUT2D eigenvalue weighted by Gasteiger charge is -2.13. The predicted molar refractivity (Wildman–Crippen MR) is 59.7 cm³/mol. The second kappa shape index (κ2) is 6.33. The Hall–Kier alpha value is -1.44. The average molecular weight is 244 g/mol. The fourth-order valence-corrected chi connectivity index (χ4v) is 1.68. The third kappa shape index (κ3) is 3.26. The lowest BCUT2D eigenvalue weighted by molar-refractivity contribution is -0.0246. The van der Waals surface area contributed by atoms with E-state index >= 15 is 0 Å². The number of hydrogen-bond acceptors (Lipinski definition) is 5. The minimum atomic E-state index is -0.480. The Balaban J connectivity index is 0.000000686. The van der Waals surface area contributed by atoms with Gasteiger partial charge >= 0.3 is 5.69 Å². The molecule has 0 amide bonds. The van der Waals surface area contributed by atoms with E-state index in [0.29, 0.717) is 12.8 Å². The SMILES string of the molecule is CO.O=c1ccn([C@H]2CCC(CO)O2)c(=O)[nH]1. The average Bonchev–Trinajstić information content (AvgIpc) is 2.80. The van der Waals surface area contributed by atoms with Crippen LogP contribution in [0, 0.1) is 0 Å². The third-order valence-corrected chi connectivity index (χ3v) is 2.45. The molecule has 0 aliphatic carbocycles. The number of aromatic nitrogens is 2. The maximum absolute atomic E-state index is 11.4. The Labute approximate surface area is 97.3 Å². The molecule has 1 fully saturated rings. The van der Waals surface area contributed by atoms with Crippen LogP contribution in [0.2, 0.25) is 0 Å². The summed E-state index contributed by atoms with van der Waals surface area (Å²) >= 11 is 0. The van der Waals surface area contributed by atoms with E-state index in [0.717, 1.165) is 7.11 Å². The molecule has 0 spiro atoms. The zero-order chi connectivity index (χ0) is 12.8. The van der Waals surface area contributed by atoms with Crippen molar-refractivity contribution >= 4 is 0 Å². The minimum absolute atomic E-state index is 0.0470. The van der Waals surface area contributed by atoms with Crippen molar-refractivity contribution in [2.24, 2.45) is 0 Å². The number of aliphatic hydroxyl groups is 2. The maximum atomic E-state index is 11.4. The Morgan fingerprint density at radius 2 is 2.18 bits per heavy atom. The van der Waals surface area contributed by atoms with Gasteiger partial charge in [-0.15, -0.1) is 0 Å². The molecule has 17 heavy (non-hydrogen) atoms. The van der Waals surface area contributed by atoms with Gasteiger partial charge < -0.3 is 14.9 Å². The number of H-pyrrole nitrogens is 1. The van der Waals surface area contributed by atoms with Gasteiger partial charge in [0.05, 0.1) is 12.7 Å². The highest BCUT2D eigenvalue weighted by Crippen LogP contribution is 2.26. The second-order valence-corrected chi connectivity index (χ2v) is 3.49. The van der Waals surface area contributed by atoms with Crippen molar-refractivity contribution in [1.29, 1.82) is 0 Å². The van der Waals surface area contributed by atoms with Gasteiger partial charge in [-0.1, -0.05) is 0 Å². The summed E-state index contributed by atoms with van der Waals surface area (Å²) in [7, 11) is 1.00. The minimum Gasteiger partial charge on any atom is -0.400 e. The van der Waals surface area contributed by atoms with E-state index in [4.69, 9.17) is 14.9 Å². The molecule has 1 aromatic rings. The van der Waals surface area contributed by atoms with Gasteiger partial charge in [0.25, 0.3) is 5.56 Å². The van der Waals surface area contributed by atoms with Crippen LogP contribution in [0.1, 0.15) is 19.1 Å². The standard InChI is InChI=1S/C9H12N2O4.CH4O/c12-5-6-1-2-8(15-6)11-4-3-7(13)10-9(11)14;1-2/h3-4,6,8,12H,1-2,5H2,(H,10,13,14);2H,1H3/t6?,8-;/m1./s1. The van der Waals surface area contributed by atoms with E-state index in [1.165, 1.54) is 16.8 Å². The van der Waals surface area contributed by atoms with Gasteiger partial charge in [-0.2, -0.15) is 0 Å². The van der Waals surface area contributed by atoms with Gasteiger partial charge in [0.1, 0.15) is 6.23 Å². The summed E-state index contributed by atoms with van der Waals surface area (Å²) in [5.41, 5.74) is -0.904. The van der Waals surface area contributed by atoms with Crippen molar-refractivity contribution in [1.82, 2.24) is 9.55 Å². The summed E-state index contributed by atoms with van der Waals surface area (Å²) in [5.74, 6) is 0. The van der Waals surface area contributed by atoms with E-state index in [1.807, 2.05) is 0 Å². The van der Waals surface area contributed by atoms with Crippen molar-refractivity contribution in [3.8, 4) is 0 Å². The maximum Gasteiger partial charge on any atom is 0.330 e. The molecule has 1 unspecified atom stereocenters. The number of aliphatic hydroxyl groups excluding tert-OH is 2. The summed E-state index contributed by atoms with van der Waals surface area (Å²) in [6, 6.07) is 1.27. The fraction of sp³-hybridized carbons (Fsp3) is 0.600. The molecular weight excluding hydrogens is 228 g/mol. The molecule has 0 bridgehead atoms. The molecule has 1 aliphatic heterocycles.